The van der Waals surface area contributed by atoms with E-state index in [2.05, 4.69) is 0 Å². The first-order valence-corrected chi connectivity index (χ1v) is 3.83. The van der Waals surface area contributed by atoms with E-state index < -0.39 is 0 Å². The molecule has 1 radical (unpaired) electrons. The third-order valence-electron chi connectivity index (χ3n) is 1.73. The highest BCUT2D eigenvalue weighted by Crippen LogP contribution is 2.17. The van der Waals surface area contributed by atoms with Crippen LogP contribution in [0.25, 0.3) is 0 Å². The van der Waals surface area contributed by atoms with Crippen LogP contribution >= 0.6 is 0 Å². The van der Waals surface area contributed by atoms with E-state index in [-0.39, 0.29) is 17.2 Å². The summed E-state index contributed by atoms with van der Waals surface area (Å²) in [4.78, 5) is 9.81. The summed E-state index contributed by atoms with van der Waals surface area (Å²) < 4.78 is 0. The van der Waals surface area contributed by atoms with Crippen molar-refractivity contribution < 1.29 is 10.0 Å². The molecule has 1 rings (SSSR count). The SMILES string of the molecule is C[C](C[N+](=O)[O-])c1ccc(O)cc1. The average molecular weight is 180 g/mol. The van der Waals surface area contributed by atoms with Crippen LogP contribution in [0.5, 0.6) is 5.75 Å². The first-order chi connectivity index (χ1) is 6.09. The summed E-state index contributed by atoms with van der Waals surface area (Å²) >= 11 is 0. The third-order valence-corrected chi connectivity index (χ3v) is 1.73. The lowest BCUT2D eigenvalue weighted by Gasteiger charge is -2.05. The summed E-state index contributed by atoms with van der Waals surface area (Å²) in [7, 11) is 0. The van der Waals surface area contributed by atoms with Gasteiger partial charge in [-0.05, 0) is 24.6 Å². The number of hydrogen-bond acceptors (Lipinski definition) is 3. The Morgan fingerprint density at radius 1 is 1.46 bits per heavy atom. The molecular weight excluding hydrogens is 170 g/mol. The molecular formula is C9H10NO3. The van der Waals surface area contributed by atoms with Gasteiger partial charge in [-0.15, -0.1) is 0 Å². The zero-order valence-corrected chi connectivity index (χ0v) is 7.23. The molecule has 0 aliphatic heterocycles. The van der Waals surface area contributed by atoms with Crippen LogP contribution in [-0.4, -0.2) is 16.6 Å². The van der Waals surface area contributed by atoms with Crippen molar-refractivity contribution in [3.05, 3.63) is 45.9 Å². The number of rotatable bonds is 3. The van der Waals surface area contributed by atoms with Crippen LogP contribution in [0.4, 0.5) is 0 Å². The molecule has 0 aromatic heterocycles. The summed E-state index contributed by atoms with van der Waals surface area (Å²) in [5.41, 5.74) is 0.787. The number of phenolic OH excluding ortho intramolecular Hbond substituents is 1. The van der Waals surface area contributed by atoms with Crippen molar-refractivity contribution >= 4 is 0 Å². The van der Waals surface area contributed by atoms with Crippen molar-refractivity contribution in [3.63, 3.8) is 0 Å². The maximum Gasteiger partial charge on any atom is 0.214 e. The molecule has 0 atom stereocenters. The molecule has 4 heteroatoms. The van der Waals surface area contributed by atoms with E-state index >= 15 is 0 Å². The number of phenols is 1. The third kappa shape index (κ3) is 2.74. The van der Waals surface area contributed by atoms with Crippen LogP contribution in [0, 0.1) is 16.0 Å². The monoisotopic (exact) mass is 180 g/mol. The fourth-order valence-electron chi connectivity index (χ4n) is 1.03. The molecule has 0 aliphatic carbocycles. The van der Waals surface area contributed by atoms with Gasteiger partial charge in [0.05, 0.1) is 5.92 Å². The lowest BCUT2D eigenvalue weighted by atomic mass is 10.0. The fourth-order valence-corrected chi connectivity index (χ4v) is 1.03. The normalized spacial score (nSPS) is 10.3. The predicted molar refractivity (Wildman–Crippen MR) is 48.0 cm³/mol. The molecule has 0 spiro atoms. The second-order valence-electron chi connectivity index (χ2n) is 2.82. The van der Waals surface area contributed by atoms with Gasteiger partial charge in [0, 0.05) is 4.92 Å². The minimum atomic E-state index is -0.373. The van der Waals surface area contributed by atoms with Crippen molar-refractivity contribution in [2.75, 3.05) is 6.54 Å². The fraction of sp³-hybridized carbons (Fsp3) is 0.222. The quantitative estimate of drug-likeness (QED) is 0.567. The smallest absolute Gasteiger partial charge is 0.214 e. The van der Waals surface area contributed by atoms with E-state index in [1.807, 2.05) is 0 Å². The highest BCUT2D eigenvalue weighted by Gasteiger charge is 2.12. The van der Waals surface area contributed by atoms with Crippen molar-refractivity contribution in [1.29, 1.82) is 0 Å². The van der Waals surface area contributed by atoms with Crippen molar-refractivity contribution in [2.45, 2.75) is 6.92 Å². The number of hydrogen-bond donors (Lipinski definition) is 1. The van der Waals surface area contributed by atoms with E-state index in [9.17, 15) is 10.1 Å². The Bertz CT molecular complexity index is 294. The predicted octanol–water partition coefficient (Wildman–Crippen LogP) is 1.61. The molecule has 0 bridgehead atoms. The van der Waals surface area contributed by atoms with E-state index in [1.54, 1.807) is 19.1 Å². The van der Waals surface area contributed by atoms with Crippen LogP contribution in [-0.2, 0) is 0 Å². The Hall–Kier alpha value is -1.58. The molecule has 1 aromatic carbocycles. The zero-order valence-electron chi connectivity index (χ0n) is 7.23. The van der Waals surface area contributed by atoms with Gasteiger partial charge in [-0.25, -0.2) is 0 Å². The molecule has 69 valence electrons. The lowest BCUT2D eigenvalue weighted by molar-refractivity contribution is -0.474. The van der Waals surface area contributed by atoms with Crippen LogP contribution in [0.2, 0.25) is 0 Å². The molecule has 0 saturated carbocycles. The number of nitro groups is 1. The van der Waals surface area contributed by atoms with Gasteiger partial charge < -0.3 is 5.11 Å². The van der Waals surface area contributed by atoms with Gasteiger partial charge in [-0.2, -0.15) is 0 Å². The number of benzene rings is 1. The van der Waals surface area contributed by atoms with Gasteiger partial charge in [0.15, 0.2) is 0 Å². The van der Waals surface area contributed by atoms with Gasteiger partial charge in [0.25, 0.3) is 0 Å². The molecule has 0 heterocycles. The van der Waals surface area contributed by atoms with E-state index in [1.165, 1.54) is 12.1 Å². The minimum absolute atomic E-state index is 0.162. The molecule has 0 fully saturated rings. The van der Waals surface area contributed by atoms with E-state index in [0.717, 1.165) is 5.56 Å². The molecule has 1 aromatic rings. The molecule has 13 heavy (non-hydrogen) atoms. The lowest BCUT2D eigenvalue weighted by Crippen LogP contribution is -2.09. The summed E-state index contributed by atoms with van der Waals surface area (Å²) in [6.45, 7) is 1.54. The molecule has 1 N–H and O–H groups in total. The zero-order chi connectivity index (χ0) is 9.84. The van der Waals surface area contributed by atoms with Crippen LogP contribution in [0.1, 0.15) is 12.5 Å². The maximum absolute atomic E-state index is 10.2. The molecule has 0 saturated heterocycles. The Morgan fingerprint density at radius 2 is 2.00 bits per heavy atom. The van der Waals surface area contributed by atoms with Gasteiger partial charge in [0.2, 0.25) is 6.54 Å². The van der Waals surface area contributed by atoms with Gasteiger partial charge >= 0.3 is 0 Å². The van der Waals surface area contributed by atoms with Crippen LogP contribution in [0.3, 0.4) is 0 Å². The summed E-state index contributed by atoms with van der Waals surface area (Å²) in [5.74, 6) is 0.850. The average Bonchev–Trinajstić information content (AvgIpc) is 2.04. The highest BCUT2D eigenvalue weighted by molar-refractivity contribution is 5.34. The van der Waals surface area contributed by atoms with Crippen LogP contribution in [0.15, 0.2) is 24.3 Å². The summed E-state index contributed by atoms with van der Waals surface area (Å²) in [6, 6.07) is 6.35. The van der Waals surface area contributed by atoms with E-state index in [0.29, 0.717) is 5.92 Å². The van der Waals surface area contributed by atoms with Crippen molar-refractivity contribution in [2.24, 2.45) is 0 Å². The maximum atomic E-state index is 10.2. The van der Waals surface area contributed by atoms with Gasteiger partial charge in [0.1, 0.15) is 5.75 Å². The molecule has 4 nitrogen and oxygen atoms in total. The van der Waals surface area contributed by atoms with Crippen molar-refractivity contribution in [1.82, 2.24) is 0 Å². The number of nitrogens with zero attached hydrogens (tertiary/aromatic N) is 1. The van der Waals surface area contributed by atoms with Gasteiger partial charge in [-0.1, -0.05) is 12.1 Å². The Labute approximate surface area is 76.0 Å². The van der Waals surface area contributed by atoms with Gasteiger partial charge in [-0.3, -0.25) is 10.1 Å². The molecule has 0 amide bonds. The second-order valence-corrected chi connectivity index (χ2v) is 2.82. The standard InChI is InChI=1S/C9H10NO3/c1-7(6-10(12)13)8-2-4-9(11)5-3-8/h2-5,11H,6H2,1H3. The largest absolute Gasteiger partial charge is 0.508 e. The minimum Gasteiger partial charge on any atom is -0.508 e. The summed E-state index contributed by atoms with van der Waals surface area (Å²) in [5, 5.41) is 19.2. The second kappa shape index (κ2) is 3.89. The Kier molecular flexibility index (Phi) is 2.84. The first-order valence-electron chi connectivity index (χ1n) is 3.83. The molecule has 0 unspecified atom stereocenters. The number of aromatic hydroxyl groups is 1. The molecule has 0 aliphatic rings. The first kappa shape index (κ1) is 9.51. The van der Waals surface area contributed by atoms with Crippen molar-refractivity contribution in [3.8, 4) is 5.75 Å². The Balaban J connectivity index is 2.71. The van der Waals surface area contributed by atoms with E-state index in [4.69, 9.17) is 5.11 Å². The summed E-state index contributed by atoms with van der Waals surface area (Å²) in [6.07, 6.45) is 0. The Morgan fingerprint density at radius 3 is 2.46 bits per heavy atom. The topological polar surface area (TPSA) is 63.4 Å². The highest BCUT2D eigenvalue weighted by atomic mass is 16.6. The van der Waals surface area contributed by atoms with Crippen LogP contribution < -0.4 is 0 Å².